The fourth-order valence-corrected chi connectivity index (χ4v) is 2.56. The summed E-state index contributed by atoms with van der Waals surface area (Å²) in [5, 5.41) is 2.80. The summed E-state index contributed by atoms with van der Waals surface area (Å²) in [6.07, 6.45) is 2.47. The second-order valence-corrected chi connectivity index (χ2v) is 5.93. The summed E-state index contributed by atoms with van der Waals surface area (Å²) in [6, 6.07) is 5.05. The topological polar surface area (TPSA) is 67.9 Å². The van der Waals surface area contributed by atoms with Gasteiger partial charge < -0.3 is 14.8 Å². The number of aldehydes is 1. The van der Waals surface area contributed by atoms with E-state index in [0.29, 0.717) is 42.7 Å². The standard InChI is InChI=1S/C17H23ClN2O4/c18-5-1-2-8-24-15-4-3-14(13-21)16(11-15)19-17(22)12-20-6-9-23-10-7-20/h3-4,11,13H,1-2,5-10,12H2,(H,19,22). The highest BCUT2D eigenvalue weighted by molar-refractivity contribution is 6.17. The van der Waals surface area contributed by atoms with E-state index in [0.717, 1.165) is 32.2 Å². The molecule has 0 radical (unpaired) electrons. The Bertz CT molecular complexity index is 547. The van der Waals surface area contributed by atoms with Crippen LogP contribution >= 0.6 is 11.6 Å². The molecule has 0 atom stereocenters. The van der Waals surface area contributed by atoms with Crippen molar-refractivity contribution in [3.05, 3.63) is 23.8 Å². The third-order valence-electron chi connectivity index (χ3n) is 3.69. The summed E-state index contributed by atoms with van der Waals surface area (Å²) in [4.78, 5) is 25.4. The van der Waals surface area contributed by atoms with Gasteiger partial charge in [0, 0.05) is 30.6 Å². The molecule has 1 aliphatic heterocycles. The first-order chi connectivity index (χ1) is 11.7. The van der Waals surface area contributed by atoms with Gasteiger partial charge in [-0.05, 0) is 25.0 Å². The van der Waals surface area contributed by atoms with Gasteiger partial charge in [-0.3, -0.25) is 14.5 Å². The molecule has 0 spiro atoms. The number of unbranched alkanes of at least 4 members (excludes halogenated alkanes) is 1. The Morgan fingerprint density at radius 2 is 2.12 bits per heavy atom. The van der Waals surface area contributed by atoms with E-state index in [1.807, 2.05) is 4.90 Å². The van der Waals surface area contributed by atoms with Crippen molar-refractivity contribution in [3.8, 4) is 5.75 Å². The molecule has 7 heteroatoms. The summed E-state index contributed by atoms with van der Waals surface area (Å²) in [5.41, 5.74) is 0.900. The van der Waals surface area contributed by atoms with Gasteiger partial charge >= 0.3 is 0 Å². The minimum Gasteiger partial charge on any atom is -0.494 e. The fourth-order valence-electron chi connectivity index (χ4n) is 2.37. The van der Waals surface area contributed by atoms with Crippen LogP contribution in [-0.4, -0.2) is 62.4 Å². The molecule has 24 heavy (non-hydrogen) atoms. The molecule has 0 aliphatic carbocycles. The van der Waals surface area contributed by atoms with Crippen molar-refractivity contribution in [2.45, 2.75) is 12.8 Å². The largest absolute Gasteiger partial charge is 0.494 e. The molecule has 1 N–H and O–H groups in total. The van der Waals surface area contributed by atoms with Gasteiger partial charge in [-0.15, -0.1) is 11.6 Å². The minimum atomic E-state index is -0.153. The lowest BCUT2D eigenvalue weighted by Crippen LogP contribution is -2.41. The zero-order valence-electron chi connectivity index (χ0n) is 13.6. The van der Waals surface area contributed by atoms with Gasteiger partial charge in [-0.1, -0.05) is 0 Å². The van der Waals surface area contributed by atoms with E-state index >= 15 is 0 Å². The SMILES string of the molecule is O=Cc1ccc(OCCCCCl)cc1NC(=O)CN1CCOCC1. The molecule has 1 fully saturated rings. The first-order valence-corrected chi connectivity index (χ1v) is 8.64. The van der Waals surface area contributed by atoms with Gasteiger partial charge in [0.1, 0.15) is 5.75 Å². The molecule has 2 rings (SSSR count). The number of halogens is 1. The molecule has 0 bridgehead atoms. The first kappa shape index (κ1) is 18.7. The Hall–Kier alpha value is -1.63. The Morgan fingerprint density at radius 1 is 1.33 bits per heavy atom. The van der Waals surface area contributed by atoms with E-state index in [2.05, 4.69) is 5.32 Å². The van der Waals surface area contributed by atoms with Crippen molar-refractivity contribution in [2.24, 2.45) is 0 Å². The summed E-state index contributed by atoms with van der Waals surface area (Å²) >= 11 is 5.63. The van der Waals surface area contributed by atoms with Crippen LogP contribution in [0.5, 0.6) is 5.75 Å². The summed E-state index contributed by atoms with van der Waals surface area (Å²) in [5.74, 6) is 1.08. The number of amides is 1. The monoisotopic (exact) mass is 354 g/mol. The number of nitrogens with one attached hydrogen (secondary N) is 1. The number of rotatable bonds is 9. The van der Waals surface area contributed by atoms with Crippen molar-refractivity contribution in [1.29, 1.82) is 0 Å². The van der Waals surface area contributed by atoms with Gasteiger partial charge in [0.25, 0.3) is 0 Å². The van der Waals surface area contributed by atoms with Crippen molar-refractivity contribution in [2.75, 3.05) is 50.7 Å². The van der Waals surface area contributed by atoms with E-state index in [-0.39, 0.29) is 12.5 Å². The Labute approximate surface area is 147 Å². The maximum atomic E-state index is 12.2. The van der Waals surface area contributed by atoms with Crippen LogP contribution in [0.4, 0.5) is 5.69 Å². The third-order valence-corrected chi connectivity index (χ3v) is 3.96. The average molecular weight is 355 g/mol. The van der Waals surface area contributed by atoms with Crippen LogP contribution in [-0.2, 0) is 9.53 Å². The lowest BCUT2D eigenvalue weighted by atomic mass is 10.2. The Kier molecular flexibility index (Phi) is 8.01. The second-order valence-electron chi connectivity index (χ2n) is 5.55. The van der Waals surface area contributed by atoms with Crippen LogP contribution in [0.2, 0.25) is 0 Å². The van der Waals surface area contributed by atoms with Crippen molar-refractivity contribution < 1.29 is 19.1 Å². The van der Waals surface area contributed by atoms with Gasteiger partial charge in [-0.2, -0.15) is 0 Å². The number of hydrogen-bond donors (Lipinski definition) is 1. The average Bonchev–Trinajstić information content (AvgIpc) is 2.60. The number of nitrogens with zero attached hydrogens (tertiary/aromatic N) is 1. The van der Waals surface area contributed by atoms with Crippen LogP contribution in [0.15, 0.2) is 18.2 Å². The number of benzene rings is 1. The third kappa shape index (κ3) is 6.11. The molecule has 0 saturated carbocycles. The molecule has 132 valence electrons. The molecule has 1 aliphatic rings. The van der Waals surface area contributed by atoms with Crippen LogP contribution in [0.1, 0.15) is 23.2 Å². The number of ether oxygens (including phenoxy) is 2. The minimum absolute atomic E-state index is 0.153. The molecule has 1 amide bonds. The molecule has 0 unspecified atom stereocenters. The number of hydrogen-bond acceptors (Lipinski definition) is 5. The number of carbonyl (C=O) groups excluding carboxylic acids is 2. The Balaban J connectivity index is 1.93. The molecule has 1 aromatic carbocycles. The van der Waals surface area contributed by atoms with Crippen LogP contribution in [0.25, 0.3) is 0 Å². The summed E-state index contributed by atoms with van der Waals surface area (Å²) in [6.45, 7) is 3.57. The molecular formula is C17H23ClN2O4. The number of carbonyl (C=O) groups is 2. The van der Waals surface area contributed by atoms with Gasteiger partial charge in [0.05, 0.1) is 32.1 Å². The highest BCUT2D eigenvalue weighted by atomic mass is 35.5. The molecule has 0 aromatic heterocycles. The molecule has 6 nitrogen and oxygen atoms in total. The second kappa shape index (κ2) is 10.3. The molecule has 1 saturated heterocycles. The maximum Gasteiger partial charge on any atom is 0.238 e. The zero-order valence-corrected chi connectivity index (χ0v) is 14.4. The van der Waals surface area contributed by atoms with Crippen molar-refractivity contribution in [3.63, 3.8) is 0 Å². The predicted molar refractivity (Wildman–Crippen MR) is 93.2 cm³/mol. The zero-order chi connectivity index (χ0) is 17.2. The lowest BCUT2D eigenvalue weighted by Gasteiger charge is -2.25. The van der Waals surface area contributed by atoms with E-state index in [1.54, 1.807) is 18.2 Å². The molecule has 1 heterocycles. The number of alkyl halides is 1. The van der Waals surface area contributed by atoms with Crippen molar-refractivity contribution in [1.82, 2.24) is 4.90 Å². The first-order valence-electron chi connectivity index (χ1n) is 8.11. The van der Waals surface area contributed by atoms with Gasteiger partial charge in [-0.25, -0.2) is 0 Å². The van der Waals surface area contributed by atoms with Crippen LogP contribution in [0.3, 0.4) is 0 Å². The smallest absolute Gasteiger partial charge is 0.238 e. The van der Waals surface area contributed by atoms with E-state index in [4.69, 9.17) is 21.1 Å². The lowest BCUT2D eigenvalue weighted by molar-refractivity contribution is -0.118. The van der Waals surface area contributed by atoms with Gasteiger partial charge in [0.15, 0.2) is 6.29 Å². The Morgan fingerprint density at radius 3 is 2.83 bits per heavy atom. The van der Waals surface area contributed by atoms with Crippen LogP contribution in [0, 0.1) is 0 Å². The fraction of sp³-hybridized carbons (Fsp3) is 0.529. The van der Waals surface area contributed by atoms with E-state index < -0.39 is 0 Å². The quantitative estimate of drug-likeness (QED) is 0.418. The normalized spacial score (nSPS) is 15.0. The van der Waals surface area contributed by atoms with Crippen molar-refractivity contribution >= 4 is 29.5 Å². The van der Waals surface area contributed by atoms with E-state index in [9.17, 15) is 9.59 Å². The van der Waals surface area contributed by atoms with E-state index in [1.165, 1.54) is 0 Å². The predicted octanol–water partition coefficient (Wildman–Crippen LogP) is 2.17. The number of anilines is 1. The number of morpholine rings is 1. The van der Waals surface area contributed by atoms with Crippen LogP contribution < -0.4 is 10.1 Å². The van der Waals surface area contributed by atoms with Gasteiger partial charge in [0.2, 0.25) is 5.91 Å². The molecule has 1 aromatic rings. The summed E-state index contributed by atoms with van der Waals surface area (Å²) in [7, 11) is 0. The summed E-state index contributed by atoms with van der Waals surface area (Å²) < 4.78 is 10.9. The highest BCUT2D eigenvalue weighted by Crippen LogP contribution is 2.22. The molecular weight excluding hydrogens is 332 g/mol. The highest BCUT2D eigenvalue weighted by Gasteiger charge is 2.15. The maximum absolute atomic E-state index is 12.2.